The SMILES string of the molecule is CC(C)(C)c1ccc(Cn2c(C(=O)Nc3ccc(C(F)(F)F)cc3)cc3cc(NC(=O)c4ccccc4F)ccc32)cc1. The summed E-state index contributed by atoms with van der Waals surface area (Å²) in [7, 11) is 0. The molecule has 43 heavy (non-hydrogen) atoms. The molecule has 0 bridgehead atoms. The van der Waals surface area contributed by atoms with Gasteiger partial charge in [0.25, 0.3) is 11.8 Å². The molecule has 5 nitrogen and oxygen atoms in total. The molecule has 0 radical (unpaired) electrons. The number of carbonyl (C=O) groups excluding carboxylic acids is 2. The number of aromatic nitrogens is 1. The van der Waals surface area contributed by atoms with Crippen LogP contribution in [0, 0.1) is 5.82 Å². The third-order valence-corrected chi connectivity index (χ3v) is 7.14. The fraction of sp³-hybridized carbons (Fsp3) is 0.176. The molecule has 0 unspecified atom stereocenters. The highest BCUT2D eigenvalue weighted by molar-refractivity contribution is 6.08. The summed E-state index contributed by atoms with van der Waals surface area (Å²) in [6, 6.07) is 24.7. The van der Waals surface area contributed by atoms with Crippen molar-refractivity contribution in [2.45, 2.75) is 38.9 Å². The first kappa shape index (κ1) is 29.6. The third-order valence-electron chi connectivity index (χ3n) is 7.14. The molecule has 0 aliphatic heterocycles. The predicted molar refractivity (Wildman–Crippen MR) is 160 cm³/mol. The van der Waals surface area contributed by atoms with E-state index in [9.17, 15) is 27.2 Å². The van der Waals surface area contributed by atoms with Gasteiger partial charge in [0.1, 0.15) is 11.5 Å². The first-order valence-corrected chi connectivity index (χ1v) is 13.6. The molecule has 0 fully saturated rings. The van der Waals surface area contributed by atoms with Gasteiger partial charge in [-0.1, -0.05) is 57.2 Å². The second-order valence-corrected chi connectivity index (χ2v) is 11.3. The number of alkyl halides is 3. The Labute approximate surface area is 246 Å². The number of benzene rings is 4. The minimum atomic E-state index is -4.49. The maximum atomic E-state index is 14.1. The summed E-state index contributed by atoms with van der Waals surface area (Å²) in [4.78, 5) is 26.2. The van der Waals surface area contributed by atoms with Gasteiger partial charge in [-0.3, -0.25) is 9.59 Å². The molecule has 0 saturated heterocycles. The van der Waals surface area contributed by atoms with Crippen LogP contribution in [0.1, 0.15) is 58.3 Å². The molecule has 5 rings (SSSR count). The number of nitrogens with zero attached hydrogens (tertiary/aromatic N) is 1. The zero-order chi connectivity index (χ0) is 30.9. The van der Waals surface area contributed by atoms with E-state index < -0.39 is 29.4 Å². The average molecular weight is 588 g/mol. The van der Waals surface area contributed by atoms with E-state index in [-0.39, 0.29) is 22.4 Å². The van der Waals surface area contributed by atoms with Gasteiger partial charge in [-0.2, -0.15) is 13.2 Å². The Morgan fingerprint density at radius 1 is 0.721 bits per heavy atom. The normalized spacial score (nSPS) is 11.9. The van der Waals surface area contributed by atoms with Crippen molar-refractivity contribution in [2.75, 3.05) is 10.6 Å². The first-order chi connectivity index (χ1) is 20.3. The van der Waals surface area contributed by atoms with E-state index in [4.69, 9.17) is 0 Å². The number of nitrogens with one attached hydrogen (secondary N) is 2. The van der Waals surface area contributed by atoms with E-state index in [2.05, 4.69) is 31.4 Å². The van der Waals surface area contributed by atoms with Crippen LogP contribution in [0.2, 0.25) is 0 Å². The Balaban J connectivity index is 1.49. The fourth-order valence-corrected chi connectivity index (χ4v) is 4.78. The quantitative estimate of drug-likeness (QED) is 0.195. The Morgan fingerprint density at radius 2 is 1.33 bits per heavy atom. The van der Waals surface area contributed by atoms with Gasteiger partial charge in [-0.25, -0.2) is 4.39 Å². The standard InChI is InChI=1S/C34H29F4N3O2/c1-33(2,3)23-10-8-21(9-11-23)20-41-29-17-16-26(40-31(42)27-6-4-5-7-28(27)35)18-22(29)19-30(41)32(43)39-25-14-12-24(13-15-25)34(36,37)38/h4-19H,20H2,1-3H3,(H,39,43)(H,40,42). The Hall–Kier alpha value is -4.92. The van der Waals surface area contributed by atoms with Gasteiger partial charge in [0, 0.05) is 28.8 Å². The molecule has 4 aromatic carbocycles. The van der Waals surface area contributed by atoms with Crippen LogP contribution in [0.15, 0.2) is 97.1 Å². The van der Waals surface area contributed by atoms with Gasteiger partial charge < -0.3 is 15.2 Å². The molecule has 0 aliphatic rings. The van der Waals surface area contributed by atoms with E-state index in [1.54, 1.807) is 30.3 Å². The van der Waals surface area contributed by atoms with Crippen LogP contribution in [0.5, 0.6) is 0 Å². The lowest BCUT2D eigenvalue weighted by molar-refractivity contribution is -0.137. The van der Waals surface area contributed by atoms with Crippen molar-refractivity contribution in [1.29, 1.82) is 0 Å². The molecule has 0 spiro atoms. The molecule has 0 aliphatic carbocycles. The van der Waals surface area contributed by atoms with Crippen LogP contribution in [-0.2, 0) is 18.1 Å². The molecule has 0 atom stereocenters. The smallest absolute Gasteiger partial charge is 0.332 e. The zero-order valence-corrected chi connectivity index (χ0v) is 23.7. The average Bonchev–Trinajstić information content (AvgIpc) is 3.30. The highest BCUT2D eigenvalue weighted by atomic mass is 19.4. The maximum Gasteiger partial charge on any atom is 0.416 e. The molecule has 2 N–H and O–H groups in total. The van der Waals surface area contributed by atoms with Crippen LogP contribution < -0.4 is 10.6 Å². The van der Waals surface area contributed by atoms with Gasteiger partial charge >= 0.3 is 6.18 Å². The van der Waals surface area contributed by atoms with Gasteiger partial charge in [0.15, 0.2) is 0 Å². The van der Waals surface area contributed by atoms with Gasteiger partial charge in [0.2, 0.25) is 0 Å². The minimum Gasteiger partial charge on any atom is -0.332 e. The molecular formula is C34H29F4N3O2. The van der Waals surface area contributed by atoms with E-state index in [1.807, 2.05) is 28.8 Å². The maximum absolute atomic E-state index is 14.1. The highest BCUT2D eigenvalue weighted by Crippen LogP contribution is 2.31. The molecule has 2 amide bonds. The second-order valence-electron chi connectivity index (χ2n) is 11.3. The van der Waals surface area contributed by atoms with E-state index in [0.717, 1.165) is 23.3 Å². The summed E-state index contributed by atoms with van der Waals surface area (Å²) in [6.45, 7) is 6.69. The van der Waals surface area contributed by atoms with Crippen LogP contribution in [-0.4, -0.2) is 16.4 Å². The summed E-state index contributed by atoms with van der Waals surface area (Å²) in [5.41, 5.74) is 2.72. The largest absolute Gasteiger partial charge is 0.416 e. The van der Waals surface area contributed by atoms with Crippen molar-refractivity contribution in [1.82, 2.24) is 4.57 Å². The van der Waals surface area contributed by atoms with Crippen LogP contribution in [0.25, 0.3) is 10.9 Å². The second kappa shape index (κ2) is 11.4. The van der Waals surface area contributed by atoms with Crippen molar-refractivity contribution < 1.29 is 27.2 Å². The molecule has 1 aromatic heterocycles. The molecule has 1 heterocycles. The first-order valence-electron chi connectivity index (χ1n) is 13.6. The van der Waals surface area contributed by atoms with Crippen molar-refractivity contribution in [3.05, 3.63) is 131 Å². The third kappa shape index (κ3) is 6.61. The highest BCUT2D eigenvalue weighted by Gasteiger charge is 2.30. The van der Waals surface area contributed by atoms with Crippen LogP contribution >= 0.6 is 0 Å². The molecule has 0 saturated carbocycles. The predicted octanol–water partition coefficient (Wildman–Crippen LogP) is 8.65. The lowest BCUT2D eigenvalue weighted by Crippen LogP contribution is -2.18. The summed E-state index contributed by atoms with van der Waals surface area (Å²) >= 11 is 0. The van der Waals surface area contributed by atoms with Crippen molar-refractivity contribution in [3.63, 3.8) is 0 Å². The topological polar surface area (TPSA) is 63.1 Å². The summed E-state index contributed by atoms with van der Waals surface area (Å²) in [6.07, 6.45) is -4.49. The number of fused-ring (bicyclic) bond motifs is 1. The van der Waals surface area contributed by atoms with Crippen molar-refractivity contribution in [3.8, 4) is 0 Å². The fourth-order valence-electron chi connectivity index (χ4n) is 4.78. The van der Waals surface area contributed by atoms with E-state index >= 15 is 0 Å². The number of amides is 2. The van der Waals surface area contributed by atoms with E-state index in [0.29, 0.717) is 23.1 Å². The number of hydrogen-bond acceptors (Lipinski definition) is 2. The van der Waals surface area contributed by atoms with Crippen LogP contribution in [0.4, 0.5) is 28.9 Å². The number of hydrogen-bond donors (Lipinski definition) is 2. The number of carbonyl (C=O) groups is 2. The molecular weight excluding hydrogens is 558 g/mol. The zero-order valence-electron chi connectivity index (χ0n) is 23.7. The molecule has 5 aromatic rings. The van der Waals surface area contributed by atoms with Crippen LogP contribution in [0.3, 0.4) is 0 Å². The summed E-state index contributed by atoms with van der Waals surface area (Å²) in [5.74, 6) is -1.78. The lowest BCUT2D eigenvalue weighted by atomic mass is 9.87. The van der Waals surface area contributed by atoms with Crippen molar-refractivity contribution in [2.24, 2.45) is 0 Å². The monoisotopic (exact) mass is 587 g/mol. The lowest BCUT2D eigenvalue weighted by Gasteiger charge is -2.19. The number of halogens is 4. The molecule has 220 valence electrons. The van der Waals surface area contributed by atoms with Gasteiger partial charge in [-0.15, -0.1) is 0 Å². The number of rotatable bonds is 6. The van der Waals surface area contributed by atoms with Gasteiger partial charge in [-0.05, 0) is 77.2 Å². The Kier molecular flexibility index (Phi) is 7.84. The summed E-state index contributed by atoms with van der Waals surface area (Å²) < 4.78 is 55.0. The van der Waals surface area contributed by atoms with E-state index in [1.165, 1.54) is 30.3 Å². The minimum absolute atomic E-state index is 0.0329. The number of anilines is 2. The summed E-state index contributed by atoms with van der Waals surface area (Å²) in [5, 5.41) is 6.02. The Bertz CT molecular complexity index is 1800. The van der Waals surface area contributed by atoms with Gasteiger partial charge in [0.05, 0.1) is 11.1 Å². The molecule has 9 heteroatoms. The Morgan fingerprint density at radius 3 is 1.95 bits per heavy atom. The van der Waals surface area contributed by atoms with Crippen molar-refractivity contribution >= 4 is 34.1 Å².